The number of carbonyl (C=O) groups is 1. The van der Waals surface area contributed by atoms with Crippen molar-refractivity contribution in [3.63, 3.8) is 0 Å². The number of aliphatic hydroxyl groups is 1. The predicted octanol–water partition coefficient (Wildman–Crippen LogP) is 2.97. The minimum absolute atomic E-state index is 0.00189. The number of rotatable bonds is 6. The molecule has 3 heterocycles. The summed E-state index contributed by atoms with van der Waals surface area (Å²) >= 11 is 0. The van der Waals surface area contributed by atoms with Gasteiger partial charge in [0, 0.05) is 67.1 Å². The summed E-state index contributed by atoms with van der Waals surface area (Å²) in [5.74, 6) is 1.13. The molecule has 1 aromatic heterocycles. The summed E-state index contributed by atoms with van der Waals surface area (Å²) in [7, 11) is 0. The van der Waals surface area contributed by atoms with Gasteiger partial charge in [-0.3, -0.25) is 9.69 Å². The highest BCUT2D eigenvalue weighted by Crippen LogP contribution is 2.71. The summed E-state index contributed by atoms with van der Waals surface area (Å²) in [5.41, 5.74) is 10.0. The monoisotopic (exact) mass is 488 g/mol. The Bertz CT molecular complexity index is 1200. The molecule has 6 aliphatic rings. The molecule has 0 unspecified atom stereocenters. The number of pyridine rings is 1. The Kier molecular flexibility index (Phi) is 4.89. The van der Waals surface area contributed by atoms with Crippen LogP contribution in [0.2, 0.25) is 0 Å². The molecule has 4 aliphatic carbocycles. The third-order valence-corrected chi connectivity index (χ3v) is 10.6. The van der Waals surface area contributed by atoms with Gasteiger partial charge in [0.1, 0.15) is 5.82 Å². The lowest BCUT2D eigenvalue weighted by molar-refractivity contribution is -0.234. The number of anilines is 1. The van der Waals surface area contributed by atoms with Crippen molar-refractivity contribution in [3.05, 3.63) is 47.7 Å². The molecule has 7 heteroatoms. The number of carbonyl (C=O) groups excluding carboxylic acids is 1. The first-order chi connectivity index (χ1) is 17.4. The number of nitrogens with zero attached hydrogens (tertiary/aromatic N) is 2. The number of fused-ring (bicyclic) bond motifs is 1. The molecule has 1 amide bonds. The molecule has 8 rings (SSSR count). The highest BCUT2D eigenvalue weighted by atomic mass is 16.5. The van der Waals surface area contributed by atoms with Gasteiger partial charge in [0.2, 0.25) is 0 Å². The van der Waals surface area contributed by atoms with Crippen molar-refractivity contribution >= 4 is 11.7 Å². The molecule has 2 bridgehead atoms. The molecule has 190 valence electrons. The topological polar surface area (TPSA) is 101 Å². The second kappa shape index (κ2) is 7.76. The molecule has 6 fully saturated rings. The van der Waals surface area contributed by atoms with Gasteiger partial charge in [0.15, 0.2) is 0 Å². The van der Waals surface area contributed by atoms with Gasteiger partial charge in [0.05, 0.1) is 5.56 Å². The van der Waals surface area contributed by atoms with Crippen molar-refractivity contribution < 1.29 is 14.6 Å². The minimum Gasteiger partial charge on any atom is -0.396 e. The van der Waals surface area contributed by atoms with E-state index in [2.05, 4.69) is 46.4 Å². The van der Waals surface area contributed by atoms with E-state index in [1.54, 1.807) is 6.20 Å². The first kappa shape index (κ1) is 22.7. The Labute approximate surface area is 212 Å². The number of hydrogen-bond donors (Lipinski definition) is 3. The maximum atomic E-state index is 13.2. The Balaban J connectivity index is 1.06. The molecule has 2 aromatic rings. The van der Waals surface area contributed by atoms with Crippen LogP contribution < -0.4 is 11.1 Å². The van der Waals surface area contributed by atoms with Crippen molar-refractivity contribution in [2.45, 2.75) is 56.0 Å². The van der Waals surface area contributed by atoms with Gasteiger partial charge in [-0.25, -0.2) is 4.98 Å². The number of piperidine rings is 1. The smallest absolute Gasteiger partial charge is 0.255 e. The van der Waals surface area contributed by atoms with E-state index in [0.29, 0.717) is 17.0 Å². The van der Waals surface area contributed by atoms with Crippen LogP contribution in [0.25, 0.3) is 11.1 Å². The van der Waals surface area contributed by atoms with Crippen LogP contribution in [0.1, 0.15) is 54.9 Å². The summed E-state index contributed by atoms with van der Waals surface area (Å²) in [5, 5.41) is 12.9. The fraction of sp³-hybridized carbons (Fsp3) is 0.586. The number of benzene rings is 1. The van der Waals surface area contributed by atoms with Crippen molar-refractivity contribution in [1.29, 1.82) is 0 Å². The number of nitrogens with one attached hydrogen (secondary N) is 1. The number of aliphatic hydroxyl groups excluding tert-OH is 1. The SMILES string of the molecule is C[C@@H]1C2(CO)CC1(NC(=O)c1cc(-c3ccc([C@]45C[C@H]4CN(C4CCOCC4)C5)cc3)cnc1N)C2. The lowest BCUT2D eigenvalue weighted by Crippen LogP contribution is -2.81. The summed E-state index contributed by atoms with van der Waals surface area (Å²) in [4.78, 5) is 20.2. The second-order valence-electron chi connectivity index (χ2n) is 12.3. The maximum Gasteiger partial charge on any atom is 0.255 e. The molecular weight excluding hydrogens is 452 g/mol. The average molecular weight is 489 g/mol. The fourth-order valence-corrected chi connectivity index (χ4v) is 7.99. The highest BCUT2D eigenvalue weighted by molar-refractivity contribution is 6.00. The van der Waals surface area contributed by atoms with E-state index in [-0.39, 0.29) is 35.2 Å². The van der Waals surface area contributed by atoms with E-state index in [1.165, 1.54) is 18.5 Å². The Hall–Kier alpha value is -2.48. The van der Waals surface area contributed by atoms with E-state index < -0.39 is 0 Å². The first-order valence-corrected chi connectivity index (χ1v) is 13.5. The second-order valence-corrected chi connectivity index (χ2v) is 12.3. The predicted molar refractivity (Wildman–Crippen MR) is 137 cm³/mol. The van der Waals surface area contributed by atoms with Gasteiger partial charge in [-0.1, -0.05) is 31.2 Å². The van der Waals surface area contributed by atoms with E-state index >= 15 is 0 Å². The number of aromatic nitrogens is 1. The van der Waals surface area contributed by atoms with Gasteiger partial charge in [-0.2, -0.15) is 0 Å². The molecule has 4 saturated carbocycles. The largest absolute Gasteiger partial charge is 0.396 e. The van der Waals surface area contributed by atoms with E-state index in [1.807, 2.05) is 6.07 Å². The first-order valence-electron chi connectivity index (χ1n) is 13.5. The molecule has 2 aliphatic heterocycles. The molecule has 2 saturated heterocycles. The number of hydrogen-bond acceptors (Lipinski definition) is 6. The number of ether oxygens (including phenoxy) is 1. The molecule has 1 aromatic carbocycles. The Morgan fingerprint density at radius 3 is 2.67 bits per heavy atom. The molecule has 4 N–H and O–H groups in total. The van der Waals surface area contributed by atoms with Crippen LogP contribution in [0.4, 0.5) is 5.82 Å². The molecular formula is C29H36N4O3. The lowest BCUT2D eigenvalue weighted by atomic mass is 9.33. The molecule has 0 spiro atoms. The highest BCUT2D eigenvalue weighted by Gasteiger charge is 2.73. The molecule has 7 nitrogen and oxygen atoms in total. The summed E-state index contributed by atoms with van der Waals surface area (Å²) < 4.78 is 5.57. The van der Waals surface area contributed by atoms with Crippen molar-refractivity contribution in [2.24, 2.45) is 17.3 Å². The zero-order valence-electron chi connectivity index (χ0n) is 21.0. The molecule has 3 atom stereocenters. The van der Waals surface area contributed by atoms with Gasteiger partial charge in [0.25, 0.3) is 5.91 Å². The van der Waals surface area contributed by atoms with Crippen LogP contribution >= 0.6 is 0 Å². The average Bonchev–Trinajstić information content (AvgIpc) is 3.47. The maximum absolute atomic E-state index is 13.2. The van der Waals surface area contributed by atoms with Gasteiger partial charge >= 0.3 is 0 Å². The van der Waals surface area contributed by atoms with E-state index in [4.69, 9.17) is 10.5 Å². The summed E-state index contributed by atoms with van der Waals surface area (Å²) in [6.45, 7) is 6.47. The van der Waals surface area contributed by atoms with E-state index in [0.717, 1.165) is 62.5 Å². The standard InChI is InChI=1S/C29H36N4O3/c1-18-27(17-34)14-29(18,15-27)32-26(35)24-10-20(12-31-25(24)30)19-2-4-21(5-3-19)28-11-22(28)13-33(16-28)23-6-8-36-9-7-23/h2-5,10,12,18,22-23,34H,6-9,11,13-17H2,1H3,(H2,30,31)(H,32,35)/t18-,22+,27?,28-,29?/m1/s1. The number of amides is 1. The van der Waals surface area contributed by atoms with Crippen molar-refractivity contribution in [1.82, 2.24) is 15.2 Å². The number of nitrogen functional groups attached to an aromatic ring is 1. The van der Waals surface area contributed by atoms with Gasteiger partial charge < -0.3 is 20.9 Å². The zero-order valence-corrected chi connectivity index (χ0v) is 21.0. The third-order valence-electron chi connectivity index (χ3n) is 10.6. The van der Waals surface area contributed by atoms with Crippen LogP contribution in [-0.2, 0) is 10.2 Å². The normalized spacial score (nSPS) is 37.1. The van der Waals surface area contributed by atoms with Crippen LogP contribution in [0, 0.1) is 17.3 Å². The third kappa shape index (κ3) is 3.15. The van der Waals surface area contributed by atoms with Gasteiger partial charge in [-0.05, 0) is 61.1 Å². The van der Waals surface area contributed by atoms with Gasteiger partial charge in [-0.15, -0.1) is 0 Å². The number of nitrogens with two attached hydrogens (primary N) is 1. The number of likely N-dealkylation sites (tertiary alicyclic amines) is 1. The van der Waals surface area contributed by atoms with Crippen LogP contribution in [0.15, 0.2) is 36.5 Å². The van der Waals surface area contributed by atoms with Crippen LogP contribution in [0.3, 0.4) is 0 Å². The quantitative estimate of drug-likeness (QED) is 0.578. The lowest BCUT2D eigenvalue weighted by Gasteiger charge is -2.75. The molecule has 0 radical (unpaired) electrons. The molecule has 36 heavy (non-hydrogen) atoms. The Morgan fingerprint density at radius 1 is 1.22 bits per heavy atom. The fourth-order valence-electron chi connectivity index (χ4n) is 7.99. The zero-order chi connectivity index (χ0) is 24.7. The van der Waals surface area contributed by atoms with Crippen molar-refractivity contribution in [2.75, 3.05) is 38.6 Å². The minimum atomic E-state index is -0.205. The Morgan fingerprint density at radius 2 is 1.97 bits per heavy atom. The van der Waals surface area contributed by atoms with Crippen LogP contribution in [0.5, 0.6) is 0 Å². The summed E-state index contributed by atoms with van der Waals surface area (Å²) in [6, 6.07) is 11.4. The summed E-state index contributed by atoms with van der Waals surface area (Å²) in [6.07, 6.45) is 7.04. The van der Waals surface area contributed by atoms with Crippen LogP contribution in [-0.4, -0.2) is 65.4 Å². The van der Waals surface area contributed by atoms with E-state index in [9.17, 15) is 9.90 Å². The van der Waals surface area contributed by atoms with Crippen molar-refractivity contribution in [3.8, 4) is 11.1 Å².